The number of hydrogen-bond donors (Lipinski definition) is 0. The first-order valence-corrected chi connectivity index (χ1v) is 8.40. The van der Waals surface area contributed by atoms with Crippen LogP contribution in [0.3, 0.4) is 0 Å². The van der Waals surface area contributed by atoms with Crippen LogP contribution in [0.4, 0.5) is 0 Å². The Kier molecular flexibility index (Phi) is 5.98. The smallest absolute Gasteiger partial charge is 0.176 e. The molecule has 1 saturated carbocycles. The van der Waals surface area contributed by atoms with E-state index in [1.807, 2.05) is 31.2 Å². The van der Waals surface area contributed by atoms with Gasteiger partial charge in [0.1, 0.15) is 0 Å². The number of carbonyl (C=O) groups is 1. The highest BCUT2D eigenvalue weighted by atomic mass is 16.1. The summed E-state index contributed by atoms with van der Waals surface area (Å²) in [6.07, 6.45) is 6.35. The van der Waals surface area contributed by atoms with E-state index in [0.717, 1.165) is 17.7 Å². The van der Waals surface area contributed by atoms with E-state index in [0.29, 0.717) is 18.5 Å². The molecule has 116 valence electrons. The van der Waals surface area contributed by atoms with Crippen LogP contribution in [-0.2, 0) is 0 Å². The van der Waals surface area contributed by atoms with Crippen molar-refractivity contribution in [1.29, 1.82) is 0 Å². The monoisotopic (exact) mass is 287 g/mol. The Bertz CT molecular complexity index is 460. The van der Waals surface area contributed by atoms with Crippen LogP contribution in [0.25, 0.3) is 0 Å². The molecule has 0 spiro atoms. The first-order chi connectivity index (χ1) is 10.1. The number of rotatable bonds is 7. The third-order valence-corrected chi connectivity index (χ3v) is 4.52. The van der Waals surface area contributed by atoms with Gasteiger partial charge in [0.2, 0.25) is 0 Å². The van der Waals surface area contributed by atoms with E-state index in [4.69, 9.17) is 0 Å². The van der Waals surface area contributed by atoms with Crippen LogP contribution in [0.5, 0.6) is 0 Å². The van der Waals surface area contributed by atoms with Gasteiger partial charge in [-0.15, -0.1) is 0 Å². The molecule has 0 amide bonds. The summed E-state index contributed by atoms with van der Waals surface area (Å²) in [5.74, 6) is 0.970. The average Bonchev–Trinajstić information content (AvgIpc) is 2.97. The summed E-state index contributed by atoms with van der Waals surface area (Å²) in [4.78, 5) is 15.0. The Morgan fingerprint density at radius 1 is 1.29 bits per heavy atom. The molecule has 0 aliphatic heterocycles. The summed E-state index contributed by atoms with van der Waals surface area (Å²) in [6.45, 7) is 8.20. The largest absolute Gasteiger partial charge is 0.293 e. The van der Waals surface area contributed by atoms with Gasteiger partial charge in [0.05, 0.1) is 6.54 Å². The van der Waals surface area contributed by atoms with Gasteiger partial charge in [-0.3, -0.25) is 9.69 Å². The molecule has 0 atom stereocenters. The molecule has 2 heteroatoms. The minimum absolute atomic E-state index is 0.273. The van der Waals surface area contributed by atoms with Gasteiger partial charge in [-0.25, -0.2) is 0 Å². The lowest BCUT2D eigenvalue weighted by molar-refractivity contribution is 0.0885. The minimum Gasteiger partial charge on any atom is -0.293 e. The first kappa shape index (κ1) is 16.2. The molecule has 0 aromatic heterocycles. The number of Topliss-reactive ketones (excluding diaryl/α,β-unsaturated/α-hetero) is 1. The zero-order chi connectivity index (χ0) is 15.2. The van der Waals surface area contributed by atoms with E-state index in [1.165, 1.54) is 32.1 Å². The minimum atomic E-state index is 0.273. The third kappa shape index (κ3) is 4.96. The Morgan fingerprint density at radius 3 is 2.62 bits per heavy atom. The van der Waals surface area contributed by atoms with Gasteiger partial charge in [-0.2, -0.15) is 0 Å². The number of ketones is 1. The topological polar surface area (TPSA) is 20.3 Å². The van der Waals surface area contributed by atoms with E-state index in [9.17, 15) is 4.79 Å². The molecule has 1 aliphatic carbocycles. The number of nitrogens with zero attached hydrogens (tertiary/aromatic N) is 1. The molecular weight excluding hydrogens is 258 g/mol. The van der Waals surface area contributed by atoms with Gasteiger partial charge in [-0.1, -0.05) is 50.5 Å². The van der Waals surface area contributed by atoms with E-state index < -0.39 is 0 Å². The second kappa shape index (κ2) is 7.74. The number of carbonyl (C=O) groups excluding carboxylic acids is 1. The molecule has 1 aromatic carbocycles. The predicted molar refractivity (Wildman–Crippen MR) is 88.8 cm³/mol. The Balaban J connectivity index is 2.01. The SMILES string of the molecule is Cc1cccc(C(=O)CN(CCC(C)C)C2CCCC2)c1. The molecule has 21 heavy (non-hydrogen) atoms. The maximum Gasteiger partial charge on any atom is 0.176 e. The number of hydrogen-bond acceptors (Lipinski definition) is 2. The van der Waals surface area contributed by atoms with Gasteiger partial charge in [0, 0.05) is 11.6 Å². The van der Waals surface area contributed by atoms with Crippen LogP contribution in [0.15, 0.2) is 24.3 Å². The lowest BCUT2D eigenvalue weighted by Crippen LogP contribution is -2.38. The third-order valence-electron chi connectivity index (χ3n) is 4.52. The van der Waals surface area contributed by atoms with Crippen LogP contribution >= 0.6 is 0 Å². The molecule has 1 aliphatic rings. The highest BCUT2D eigenvalue weighted by molar-refractivity contribution is 5.97. The van der Waals surface area contributed by atoms with Crippen molar-refractivity contribution in [3.63, 3.8) is 0 Å². The van der Waals surface area contributed by atoms with Crippen LogP contribution in [0.1, 0.15) is 61.9 Å². The Hall–Kier alpha value is -1.15. The lowest BCUT2D eigenvalue weighted by atomic mass is 10.0. The summed E-state index contributed by atoms with van der Waals surface area (Å²) in [6, 6.07) is 8.61. The standard InChI is InChI=1S/C19H29NO/c1-15(2)11-12-20(18-9-4-5-10-18)14-19(21)17-8-6-7-16(3)13-17/h6-8,13,15,18H,4-5,9-12,14H2,1-3H3. The van der Waals surface area contributed by atoms with Crippen molar-refractivity contribution >= 4 is 5.78 Å². The summed E-state index contributed by atoms with van der Waals surface area (Å²) < 4.78 is 0. The Labute approximate surface area is 129 Å². The zero-order valence-electron chi connectivity index (χ0n) is 13.8. The van der Waals surface area contributed by atoms with Crippen LogP contribution in [0, 0.1) is 12.8 Å². The van der Waals surface area contributed by atoms with E-state index in [-0.39, 0.29) is 5.78 Å². The molecule has 0 N–H and O–H groups in total. The molecular formula is C19H29NO. The first-order valence-electron chi connectivity index (χ1n) is 8.40. The maximum absolute atomic E-state index is 12.6. The summed E-state index contributed by atoms with van der Waals surface area (Å²) in [7, 11) is 0. The zero-order valence-corrected chi connectivity index (χ0v) is 13.8. The van der Waals surface area contributed by atoms with Crippen molar-refractivity contribution in [3.8, 4) is 0 Å². The maximum atomic E-state index is 12.6. The fourth-order valence-electron chi connectivity index (χ4n) is 3.18. The lowest BCUT2D eigenvalue weighted by Gasteiger charge is -2.28. The van der Waals surface area contributed by atoms with Gasteiger partial charge in [0.15, 0.2) is 5.78 Å². The molecule has 1 fully saturated rings. The molecule has 0 bridgehead atoms. The molecule has 1 aromatic rings. The second-order valence-electron chi connectivity index (χ2n) is 6.88. The number of aryl methyl sites for hydroxylation is 1. The summed E-state index contributed by atoms with van der Waals surface area (Å²) in [5, 5.41) is 0. The fraction of sp³-hybridized carbons (Fsp3) is 0.632. The summed E-state index contributed by atoms with van der Waals surface area (Å²) in [5.41, 5.74) is 2.03. The highest BCUT2D eigenvalue weighted by Crippen LogP contribution is 2.24. The van der Waals surface area contributed by atoms with Gasteiger partial charge >= 0.3 is 0 Å². The van der Waals surface area contributed by atoms with Crippen molar-refractivity contribution in [2.24, 2.45) is 5.92 Å². The van der Waals surface area contributed by atoms with Gasteiger partial charge in [-0.05, 0) is 44.7 Å². The second-order valence-corrected chi connectivity index (χ2v) is 6.88. The van der Waals surface area contributed by atoms with Gasteiger partial charge in [0.25, 0.3) is 0 Å². The number of benzene rings is 1. The van der Waals surface area contributed by atoms with E-state index in [2.05, 4.69) is 18.7 Å². The Morgan fingerprint density at radius 2 is 2.00 bits per heavy atom. The van der Waals surface area contributed by atoms with Crippen molar-refractivity contribution in [2.45, 2.75) is 58.9 Å². The average molecular weight is 287 g/mol. The van der Waals surface area contributed by atoms with Crippen LogP contribution in [0.2, 0.25) is 0 Å². The van der Waals surface area contributed by atoms with Crippen molar-refractivity contribution in [3.05, 3.63) is 35.4 Å². The predicted octanol–water partition coefficient (Wildman–Crippen LogP) is 4.47. The molecule has 0 unspecified atom stereocenters. The molecule has 0 radical (unpaired) electrons. The van der Waals surface area contributed by atoms with Crippen LogP contribution < -0.4 is 0 Å². The molecule has 2 nitrogen and oxygen atoms in total. The van der Waals surface area contributed by atoms with Gasteiger partial charge < -0.3 is 0 Å². The quantitative estimate of drug-likeness (QED) is 0.690. The normalized spacial score (nSPS) is 16.0. The van der Waals surface area contributed by atoms with Crippen molar-refractivity contribution in [2.75, 3.05) is 13.1 Å². The fourth-order valence-corrected chi connectivity index (χ4v) is 3.18. The molecule has 0 saturated heterocycles. The van der Waals surface area contributed by atoms with E-state index in [1.54, 1.807) is 0 Å². The molecule has 0 heterocycles. The highest BCUT2D eigenvalue weighted by Gasteiger charge is 2.24. The van der Waals surface area contributed by atoms with Crippen molar-refractivity contribution in [1.82, 2.24) is 4.90 Å². The van der Waals surface area contributed by atoms with E-state index >= 15 is 0 Å². The summed E-state index contributed by atoms with van der Waals surface area (Å²) >= 11 is 0. The van der Waals surface area contributed by atoms with Crippen LogP contribution in [-0.4, -0.2) is 29.8 Å². The van der Waals surface area contributed by atoms with Crippen molar-refractivity contribution < 1.29 is 4.79 Å². The molecule has 2 rings (SSSR count).